The van der Waals surface area contributed by atoms with Crippen LogP contribution >= 0.6 is 0 Å². The van der Waals surface area contributed by atoms with Crippen LogP contribution in [0.15, 0.2) is 108 Å². The van der Waals surface area contributed by atoms with Crippen molar-refractivity contribution in [3.05, 3.63) is 131 Å². The Hall–Kier alpha value is -4.50. The molecule has 47 heavy (non-hydrogen) atoms. The second kappa shape index (κ2) is 15.4. The molecule has 0 aromatic heterocycles. The minimum atomic E-state index is -4.23. The summed E-state index contributed by atoms with van der Waals surface area (Å²) in [5, 5.41) is 3.14. The van der Waals surface area contributed by atoms with E-state index in [-0.39, 0.29) is 35.4 Å². The van der Waals surface area contributed by atoms with Gasteiger partial charge >= 0.3 is 0 Å². The lowest BCUT2D eigenvalue weighted by Gasteiger charge is -2.34. The van der Waals surface area contributed by atoms with E-state index in [1.54, 1.807) is 42.5 Å². The first-order chi connectivity index (χ1) is 22.7. The van der Waals surface area contributed by atoms with Gasteiger partial charge in [0, 0.05) is 24.6 Å². The quantitative estimate of drug-likeness (QED) is 0.176. The fraction of sp³-hybridized carbons (Fsp3) is 0.316. The molecule has 1 atom stereocenters. The van der Waals surface area contributed by atoms with Crippen molar-refractivity contribution in [3.63, 3.8) is 0 Å². The molecule has 0 radical (unpaired) electrons. The predicted molar refractivity (Wildman–Crippen MR) is 183 cm³/mol. The number of halogens is 1. The van der Waals surface area contributed by atoms with Crippen LogP contribution in [0.4, 0.5) is 10.1 Å². The minimum Gasteiger partial charge on any atom is -0.352 e. The van der Waals surface area contributed by atoms with E-state index in [2.05, 4.69) is 5.32 Å². The Morgan fingerprint density at radius 3 is 2.13 bits per heavy atom. The maximum atomic E-state index is 15.2. The molecule has 1 N–H and O–H groups in total. The number of benzene rings is 4. The van der Waals surface area contributed by atoms with Gasteiger partial charge in [0.2, 0.25) is 11.8 Å². The van der Waals surface area contributed by atoms with E-state index in [0.29, 0.717) is 12.1 Å². The van der Waals surface area contributed by atoms with Gasteiger partial charge in [0.25, 0.3) is 10.0 Å². The molecule has 0 unspecified atom stereocenters. The largest absolute Gasteiger partial charge is 0.352 e. The fourth-order valence-electron chi connectivity index (χ4n) is 6.14. The Balaban J connectivity index is 1.59. The number of aryl methyl sites for hydroxylation is 2. The van der Waals surface area contributed by atoms with Crippen molar-refractivity contribution in [3.8, 4) is 0 Å². The van der Waals surface area contributed by atoms with E-state index in [0.717, 1.165) is 46.7 Å². The summed E-state index contributed by atoms with van der Waals surface area (Å²) in [6.07, 6.45) is 4.42. The predicted octanol–water partition coefficient (Wildman–Crippen LogP) is 6.59. The number of para-hydroxylation sites is 1. The Labute approximate surface area is 277 Å². The van der Waals surface area contributed by atoms with Crippen molar-refractivity contribution in [2.24, 2.45) is 0 Å². The van der Waals surface area contributed by atoms with Crippen LogP contribution in [0.25, 0.3) is 0 Å². The number of sulfonamides is 1. The monoisotopic (exact) mass is 655 g/mol. The molecular formula is C38H42FN3O4S. The highest BCUT2D eigenvalue weighted by atomic mass is 32.2. The zero-order chi connectivity index (χ0) is 33.4. The van der Waals surface area contributed by atoms with Gasteiger partial charge in [-0.05, 0) is 61.6 Å². The Morgan fingerprint density at radius 2 is 1.47 bits per heavy atom. The second-order valence-corrected chi connectivity index (χ2v) is 14.0. The molecule has 2 amide bonds. The van der Waals surface area contributed by atoms with E-state index < -0.39 is 34.3 Å². The van der Waals surface area contributed by atoms with Gasteiger partial charge in [0.1, 0.15) is 18.4 Å². The Kier molecular flexibility index (Phi) is 11.1. The molecule has 1 saturated carbocycles. The second-order valence-electron chi connectivity index (χ2n) is 12.1. The third-order valence-corrected chi connectivity index (χ3v) is 10.6. The molecule has 4 aromatic carbocycles. The maximum absolute atomic E-state index is 15.2. The average molecular weight is 656 g/mol. The molecule has 1 aliphatic rings. The number of anilines is 1. The third kappa shape index (κ3) is 8.27. The SMILES string of the molecule is CCc1ccccc1N(CC(=O)N(Cc1ccccc1F)[C@@H](Cc1ccccc1)C(=O)NC1CCCC1)S(=O)(=O)c1ccc(C)cc1. The summed E-state index contributed by atoms with van der Waals surface area (Å²) in [6, 6.07) is 28.0. The smallest absolute Gasteiger partial charge is 0.264 e. The molecular weight excluding hydrogens is 614 g/mol. The highest BCUT2D eigenvalue weighted by Gasteiger charge is 2.36. The zero-order valence-corrected chi connectivity index (χ0v) is 27.8. The van der Waals surface area contributed by atoms with Crippen LogP contribution in [0.2, 0.25) is 0 Å². The fourth-order valence-corrected chi connectivity index (χ4v) is 7.59. The van der Waals surface area contributed by atoms with E-state index in [4.69, 9.17) is 0 Å². The third-order valence-electron chi connectivity index (χ3n) is 8.80. The standard InChI is InChI=1S/C38H42FN3O4S/c1-3-30-15-8-12-20-35(30)42(47(45,46)33-23-21-28(2)22-24-33)27-37(43)41(26-31-16-7-11-19-34(31)39)36(25-29-13-5-4-6-14-29)38(44)40-32-17-9-10-18-32/h4-8,11-16,19-24,32,36H,3,9-10,17-18,25-27H2,1-2H3,(H,40,44)/t36-/m0/s1. The van der Waals surface area contributed by atoms with Crippen LogP contribution in [-0.2, 0) is 39.0 Å². The number of carbonyl (C=O) groups excluding carboxylic acids is 2. The summed E-state index contributed by atoms with van der Waals surface area (Å²) in [4.78, 5) is 30.2. The molecule has 246 valence electrons. The van der Waals surface area contributed by atoms with Gasteiger partial charge in [-0.3, -0.25) is 13.9 Å². The van der Waals surface area contributed by atoms with E-state index in [9.17, 15) is 18.0 Å². The highest BCUT2D eigenvalue weighted by molar-refractivity contribution is 7.92. The number of hydrogen-bond donors (Lipinski definition) is 1. The zero-order valence-electron chi connectivity index (χ0n) is 26.9. The first-order valence-electron chi connectivity index (χ1n) is 16.2. The summed E-state index contributed by atoms with van der Waals surface area (Å²) in [7, 11) is -4.23. The summed E-state index contributed by atoms with van der Waals surface area (Å²) < 4.78 is 44.9. The summed E-state index contributed by atoms with van der Waals surface area (Å²) in [5.74, 6) is -1.47. The van der Waals surface area contributed by atoms with Crippen molar-refractivity contribution in [2.45, 2.75) is 75.9 Å². The van der Waals surface area contributed by atoms with Crippen molar-refractivity contribution < 1.29 is 22.4 Å². The molecule has 1 fully saturated rings. The van der Waals surface area contributed by atoms with Crippen LogP contribution in [-0.4, -0.2) is 43.8 Å². The molecule has 4 aromatic rings. The minimum absolute atomic E-state index is 0.0129. The van der Waals surface area contributed by atoms with E-state index in [1.807, 2.05) is 56.3 Å². The molecule has 1 aliphatic carbocycles. The van der Waals surface area contributed by atoms with Crippen molar-refractivity contribution in [1.82, 2.24) is 10.2 Å². The maximum Gasteiger partial charge on any atom is 0.264 e. The van der Waals surface area contributed by atoms with Crippen molar-refractivity contribution in [2.75, 3.05) is 10.8 Å². The first-order valence-corrected chi connectivity index (χ1v) is 17.7. The Bertz CT molecular complexity index is 1770. The molecule has 0 bridgehead atoms. The van der Waals surface area contributed by atoms with Gasteiger partial charge in [-0.2, -0.15) is 0 Å². The first kappa shape index (κ1) is 33.9. The van der Waals surface area contributed by atoms with Gasteiger partial charge in [-0.25, -0.2) is 12.8 Å². The number of carbonyl (C=O) groups is 2. The van der Waals surface area contributed by atoms with Crippen molar-refractivity contribution in [1.29, 1.82) is 0 Å². The van der Waals surface area contributed by atoms with Gasteiger partial charge in [-0.1, -0.05) is 104 Å². The highest BCUT2D eigenvalue weighted by Crippen LogP contribution is 2.29. The van der Waals surface area contributed by atoms with E-state index >= 15 is 4.39 Å². The van der Waals surface area contributed by atoms with Crippen LogP contribution in [0.3, 0.4) is 0 Å². The van der Waals surface area contributed by atoms with Crippen LogP contribution in [0.5, 0.6) is 0 Å². The normalized spacial score (nSPS) is 14.0. The molecule has 5 rings (SSSR count). The van der Waals surface area contributed by atoms with Gasteiger partial charge in [-0.15, -0.1) is 0 Å². The Morgan fingerprint density at radius 1 is 0.851 bits per heavy atom. The van der Waals surface area contributed by atoms with Crippen LogP contribution in [0.1, 0.15) is 54.9 Å². The molecule has 0 heterocycles. The molecule has 9 heteroatoms. The molecule has 7 nitrogen and oxygen atoms in total. The molecule has 0 saturated heterocycles. The average Bonchev–Trinajstić information content (AvgIpc) is 3.59. The van der Waals surface area contributed by atoms with Crippen LogP contribution in [0, 0.1) is 12.7 Å². The number of nitrogens with one attached hydrogen (secondary N) is 1. The number of amides is 2. The number of hydrogen-bond acceptors (Lipinski definition) is 4. The van der Waals surface area contributed by atoms with Gasteiger partial charge in [0.15, 0.2) is 0 Å². The summed E-state index contributed by atoms with van der Waals surface area (Å²) >= 11 is 0. The summed E-state index contributed by atoms with van der Waals surface area (Å²) in [6.45, 7) is 3.00. The van der Waals surface area contributed by atoms with Crippen molar-refractivity contribution >= 4 is 27.5 Å². The van der Waals surface area contributed by atoms with Gasteiger partial charge in [0.05, 0.1) is 10.6 Å². The number of rotatable bonds is 13. The van der Waals surface area contributed by atoms with Gasteiger partial charge < -0.3 is 10.2 Å². The summed E-state index contributed by atoms with van der Waals surface area (Å²) in [5.41, 5.74) is 3.08. The number of nitrogens with zero attached hydrogens (tertiary/aromatic N) is 2. The van der Waals surface area contributed by atoms with Crippen LogP contribution < -0.4 is 9.62 Å². The topological polar surface area (TPSA) is 86.8 Å². The van der Waals surface area contributed by atoms with E-state index in [1.165, 1.54) is 23.1 Å². The lowest BCUT2D eigenvalue weighted by Crippen LogP contribution is -2.54. The lowest BCUT2D eigenvalue weighted by atomic mass is 10.0. The molecule has 0 spiro atoms. The lowest BCUT2D eigenvalue weighted by molar-refractivity contribution is -0.140. The molecule has 0 aliphatic heterocycles.